The van der Waals surface area contributed by atoms with Crippen LogP contribution in [0.1, 0.15) is 48.5 Å². The predicted molar refractivity (Wildman–Crippen MR) is 75.4 cm³/mol. The van der Waals surface area contributed by atoms with Crippen LogP contribution in [0.25, 0.3) is 0 Å². The maximum atomic E-state index is 12.3. The van der Waals surface area contributed by atoms with Gasteiger partial charge in [0.2, 0.25) is 5.91 Å². The summed E-state index contributed by atoms with van der Waals surface area (Å²) >= 11 is 0. The number of carbonyl (C=O) groups is 1. The van der Waals surface area contributed by atoms with E-state index < -0.39 is 5.54 Å². The highest BCUT2D eigenvalue weighted by Crippen LogP contribution is 2.25. The number of piperazine rings is 1. The topological polar surface area (TPSA) is 49.6 Å². The molecule has 1 saturated heterocycles. The second-order valence-corrected chi connectivity index (χ2v) is 7.20. The van der Waals surface area contributed by atoms with Crippen LogP contribution in [0.5, 0.6) is 0 Å². The van der Waals surface area contributed by atoms with Crippen molar-refractivity contribution in [2.45, 2.75) is 71.6 Å². The molecule has 0 saturated carbocycles. The van der Waals surface area contributed by atoms with Crippen molar-refractivity contribution in [3.05, 3.63) is 0 Å². The molecule has 1 aliphatic rings. The first-order valence-electron chi connectivity index (χ1n) is 6.81. The van der Waals surface area contributed by atoms with Crippen molar-refractivity contribution in [2.24, 2.45) is 5.73 Å². The lowest BCUT2D eigenvalue weighted by molar-refractivity contribution is -0.143. The van der Waals surface area contributed by atoms with Gasteiger partial charge in [0, 0.05) is 30.7 Å². The third kappa shape index (κ3) is 3.23. The Hall–Kier alpha value is -0.610. The van der Waals surface area contributed by atoms with Crippen LogP contribution in [0.3, 0.4) is 0 Å². The van der Waals surface area contributed by atoms with E-state index in [2.05, 4.69) is 39.5 Å². The Balaban J connectivity index is 2.84. The smallest absolute Gasteiger partial charge is 0.242 e. The minimum absolute atomic E-state index is 0.0513. The molecule has 2 N–H and O–H groups in total. The summed E-state index contributed by atoms with van der Waals surface area (Å²) < 4.78 is 0. The molecular formula is C14H29N3O. The van der Waals surface area contributed by atoms with Crippen molar-refractivity contribution in [3.63, 3.8) is 0 Å². The number of nitrogens with two attached hydrogens (primary N) is 1. The van der Waals surface area contributed by atoms with E-state index in [1.165, 1.54) is 0 Å². The van der Waals surface area contributed by atoms with Crippen LogP contribution in [0, 0.1) is 0 Å². The van der Waals surface area contributed by atoms with Gasteiger partial charge >= 0.3 is 0 Å². The van der Waals surface area contributed by atoms with E-state index in [0.717, 1.165) is 13.1 Å². The van der Waals surface area contributed by atoms with Crippen LogP contribution in [-0.4, -0.2) is 52.0 Å². The number of rotatable bonds is 1. The van der Waals surface area contributed by atoms with Crippen molar-refractivity contribution < 1.29 is 4.79 Å². The minimum Gasteiger partial charge on any atom is -0.336 e. The highest BCUT2D eigenvalue weighted by Gasteiger charge is 2.39. The second-order valence-electron chi connectivity index (χ2n) is 7.20. The molecule has 0 spiro atoms. The summed E-state index contributed by atoms with van der Waals surface area (Å²) in [4.78, 5) is 16.7. The fourth-order valence-electron chi connectivity index (χ4n) is 2.71. The fraction of sp³-hybridized carbons (Fsp3) is 0.929. The van der Waals surface area contributed by atoms with E-state index in [1.807, 2.05) is 4.90 Å². The first-order valence-corrected chi connectivity index (χ1v) is 6.81. The Kier molecular flexibility index (Phi) is 4.13. The Bertz CT molecular complexity index is 314. The van der Waals surface area contributed by atoms with Crippen LogP contribution >= 0.6 is 0 Å². The molecule has 18 heavy (non-hydrogen) atoms. The monoisotopic (exact) mass is 255 g/mol. The lowest BCUT2D eigenvalue weighted by atomic mass is 9.96. The lowest BCUT2D eigenvalue weighted by Gasteiger charge is -2.50. The molecule has 1 heterocycles. The average molecular weight is 255 g/mol. The van der Waals surface area contributed by atoms with E-state index in [1.54, 1.807) is 13.8 Å². The molecule has 0 aromatic heterocycles. The molecule has 1 aliphatic heterocycles. The van der Waals surface area contributed by atoms with Gasteiger partial charge in [0.05, 0.1) is 5.54 Å². The summed E-state index contributed by atoms with van der Waals surface area (Å²) in [7, 11) is 0. The first kappa shape index (κ1) is 15.4. The molecule has 0 aromatic carbocycles. The number of amides is 1. The van der Waals surface area contributed by atoms with Crippen LogP contribution < -0.4 is 5.73 Å². The third-order valence-corrected chi connectivity index (χ3v) is 3.66. The summed E-state index contributed by atoms with van der Waals surface area (Å²) in [6.45, 7) is 16.2. The molecule has 0 radical (unpaired) electrons. The van der Waals surface area contributed by atoms with Crippen LogP contribution in [0.2, 0.25) is 0 Å². The Morgan fingerprint density at radius 1 is 1.06 bits per heavy atom. The van der Waals surface area contributed by atoms with Gasteiger partial charge in [-0.2, -0.15) is 0 Å². The van der Waals surface area contributed by atoms with Crippen molar-refractivity contribution in [1.29, 1.82) is 0 Å². The van der Waals surface area contributed by atoms with Gasteiger partial charge in [-0.1, -0.05) is 0 Å². The van der Waals surface area contributed by atoms with Gasteiger partial charge < -0.3 is 10.6 Å². The van der Waals surface area contributed by atoms with Crippen molar-refractivity contribution in [3.8, 4) is 0 Å². The molecule has 4 heteroatoms. The van der Waals surface area contributed by atoms with E-state index in [9.17, 15) is 4.79 Å². The fourth-order valence-corrected chi connectivity index (χ4v) is 2.71. The largest absolute Gasteiger partial charge is 0.336 e. The Morgan fingerprint density at radius 2 is 1.56 bits per heavy atom. The standard InChI is InChI=1S/C14H29N3O/c1-10-9-17(13(3,4)5)11(2)8-16(10)12(18)14(6,7)15/h10-11H,8-9,15H2,1-7H3/t10-,11+/m1/s1. The van der Waals surface area contributed by atoms with E-state index in [0.29, 0.717) is 6.04 Å². The molecule has 0 aromatic rings. The molecule has 1 amide bonds. The maximum Gasteiger partial charge on any atom is 0.242 e. The van der Waals surface area contributed by atoms with Gasteiger partial charge in [0.25, 0.3) is 0 Å². The van der Waals surface area contributed by atoms with Gasteiger partial charge in [0.15, 0.2) is 0 Å². The van der Waals surface area contributed by atoms with Crippen molar-refractivity contribution in [1.82, 2.24) is 9.80 Å². The first-order chi connectivity index (χ1) is 7.94. The molecule has 0 unspecified atom stereocenters. The number of nitrogens with zero attached hydrogens (tertiary/aromatic N) is 2. The summed E-state index contributed by atoms with van der Waals surface area (Å²) in [6.07, 6.45) is 0. The molecule has 1 rings (SSSR count). The number of hydrogen-bond donors (Lipinski definition) is 1. The zero-order valence-corrected chi connectivity index (χ0v) is 12.9. The van der Waals surface area contributed by atoms with Gasteiger partial charge in [-0.25, -0.2) is 0 Å². The van der Waals surface area contributed by atoms with E-state index in [4.69, 9.17) is 5.73 Å². The summed E-state index contributed by atoms with van der Waals surface area (Å²) in [5, 5.41) is 0. The van der Waals surface area contributed by atoms with Crippen LogP contribution in [0.15, 0.2) is 0 Å². The molecule has 0 aliphatic carbocycles. The average Bonchev–Trinajstić information content (AvgIpc) is 2.16. The van der Waals surface area contributed by atoms with Gasteiger partial charge in [-0.15, -0.1) is 0 Å². The Labute approximate surface area is 111 Å². The quantitative estimate of drug-likeness (QED) is 0.771. The zero-order chi connectivity index (χ0) is 14.3. The van der Waals surface area contributed by atoms with Gasteiger partial charge in [-0.05, 0) is 48.5 Å². The summed E-state index contributed by atoms with van der Waals surface area (Å²) in [5.41, 5.74) is 5.29. The lowest BCUT2D eigenvalue weighted by Crippen LogP contribution is -2.65. The number of hydrogen-bond acceptors (Lipinski definition) is 3. The molecule has 2 atom stereocenters. The molecule has 106 valence electrons. The minimum atomic E-state index is -0.780. The van der Waals surface area contributed by atoms with Crippen LogP contribution in [0.4, 0.5) is 0 Å². The highest BCUT2D eigenvalue weighted by molar-refractivity contribution is 5.85. The number of carbonyl (C=O) groups excluding carboxylic acids is 1. The second kappa shape index (κ2) is 4.82. The molecule has 1 fully saturated rings. The van der Waals surface area contributed by atoms with Crippen molar-refractivity contribution in [2.75, 3.05) is 13.1 Å². The molecular weight excluding hydrogens is 226 g/mol. The van der Waals surface area contributed by atoms with E-state index >= 15 is 0 Å². The van der Waals surface area contributed by atoms with Crippen molar-refractivity contribution >= 4 is 5.91 Å². The third-order valence-electron chi connectivity index (χ3n) is 3.66. The predicted octanol–water partition coefficient (Wildman–Crippen LogP) is 1.44. The van der Waals surface area contributed by atoms with Crippen LogP contribution in [-0.2, 0) is 4.79 Å². The maximum absolute atomic E-state index is 12.3. The zero-order valence-electron chi connectivity index (χ0n) is 12.9. The van der Waals surface area contributed by atoms with Gasteiger partial charge in [-0.3, -0.25) is 9.69 Å². The highest BCUT2D eigenvalue weighted by atomic mass is 16.2. The SMILES string of the molecule is C[C@@H]1CN(C(C)(C)C)[C@@H](C)CN1C(=O)C(C)(C)N. The molecule has 4 nitrogen and oxygen atoms in total. The van der Waals surface area contributed by atoms with Gasteiger partial charge in [0.1, 0.15) is 0 Å². The summed E-state index contributed by atoms with van der Waals surface area (Å²) in [5.74, 6) is 0.0513. The Morgan fingerprint density at radius 3 is 1.94 bits per heavy atom. The normalized spacial score (nSPS) is 27.4. The van der Waals surface area contributed by atoms with E-state index in [-0.39, 0.29) is 17.5 Å². The molecule has 0 bridgehead atoms. The summed E-state index contributed by atoms with van der Waals surface area (Å²) in [6, 6.07) is 0.586.